The van der Waals surface area contributed by atoms with Crippen molar-refractivity contribution in [1.29, 1.82) is 0 Å². The minimum atomic E-state index is 0.690. The van der Waals surface area contributed by atoms with Gasteiger partial charge in [0.25, 0.3) is 0 Å². The normalized spacial score (nSPS) is 14.1. The van der Waals surface area contributed by atoms with E-state index in [9.17, 15) is 0 Å². The Bertz CT molecular complexity index is 671. The number of pyridine rings is 1. The quantitative estimate of drug-likeness (QED) is 0.913. The molecule has 0 unspecified atom stereocenters. The molecule has 0 saturated heterocycles. The third kappa shape index (κ3) is 2.82. The summed E-state index contributed by atoms with van der Waals surface area (Å²) < 4.78 is 0. The number of fused-ring (bicyclic) bond motifs is 2. The number of aromatic nitrogens is 1. The van der Waals surface area contributed by atoms with E-state index < -0.39 is 0 Å². The second kappa shape index (κ2) is 5.76. The minimum absolute atomic E-state index is 0.690. The van der Waals surface area contributed by atoms with E-state index in [4.69, 9.17) is 4.98 Å². The van der Waals surface area contributed by atoms with Crippen LogP contribution in [-0.2, 0) is 19.4 Å². The van der Waals surface area contributed by atoms with Crippen molar-refractivity contribution in [3.63, 3.8) is 0 Å². The largest absolute Gasteiger partial charge is 0.312 e. The van der Waals surface area contributed by atoms with Gasteiger partial charge in [-0.3, -0.25) is 4.98 Å². The maximum atomic E-state index is 4.93. The topological polar surface area (TPSA) is 24.9 Å². The molecule has 1 heterocycles. The molecule has 3 rings (SSSR count). The number of hydrogen-bond acceptors (Lipinski definition) is 2. The van der Waals surface area contributed by atoms with Crippen LogP contribution in [0.4, 0.5) is 0 Å². The zero-order valence-electron chi connectivity index (χ0n) is 13.7. The van der Waals surface area contributed by atoms with E-state index in [1.807, 2.05) is 0 Å². The van der Waals surface area contributed by atoms with Crippen LogP contribution < -0.4 is 5.32 Å². The lowest BCUT2D eigenvalue weighted by Gasteiger charge is -2.15. The molecule has 0 amide bonds. The Kier molecular flexibility index (Phi) is 3.99. The van der Waals surface area contributed by atoms with Gasteiger partial charge >= 0.3 is 0 Å². The van der Waals surface area contributed by atoms with Crippen molar-refractivity contribution in [1.82, 2.24) is 10.3 Å². The summed E-state index contributed by atoms with van der Waals surface area (Å²) in [6.45, 7) is 10.9. The minimum Gasteiger partial charge on any atom is -0.312 e. The van der Waals surface area contributed by atoms with Gasteiger partial charge in [0.15, 0.2) is 0 Å². The Balaban J connectivity index is 2.08. The van der Waals surface area contributed by atoms with Crippen molar-refractivity contribution in [2.75, 3.05) is 6.54 Å². The summed E-state index contributed by atoms with van der Waals surface area (Å²) in [6, 6.07) is 4.60. The summed E-state index contributed by atoms with van der Waals surface area (Å²) in [5, 5.41) is 4.99. The van der Waals surface area contributed by atoms with Crippen molar-refractivity contribution in [2.24, 2.45) is 5.92 Å². The molecular formula is C19H26N2. The molecule has 2 heteroatoms. The molecule has 0 bridgehead atoms. The Labute approximate surface area is 128 Å². The smallest absolute Gasteiger partial charge is 0.0711 e. The van der Waals surface area contributed by atoms with Gasteiger partial charge in [-0.05, 0) is 80.0 Å². The van der Waals surface area contributed by atoms with E-state index in [-0.39, 0.29) is 0 Å². The van der Waals surface area contributed by atoms with Crippen molar-refractivity contribution in [2.45, 2.75) is 53.5 Å². The summed E-state index contributed by atoms with van der Waals surface area (Å²) in [7, 11) is 0. The second-order valence-electron chi connectivity index (χ2n) is 6.85. The molecule has 0 spiro atoms. The van der Waals surface area contributed by atoms with Gasteiger partial charge in [-0.15, -0.1) is 0 Å². The summed E-state index contributed by atoms with van der Waals surface area (Å²) >= 11 is 0. The fraction of sp³-hybridized carbons (Fsp3) is 0.526. The number of nitrogens with one attached hydrogen (secondary N) is 1. The van der Waals surface area contributed by atoms with Crippen LogP contribution in [0.15, 0.2) is 12.1 Å². The van der Waals surface area contributed by atoms with Gasteiger partial charge in [0, 0.05) is 17.6 Å². The molecule has 0 atom stereocenters. The summed E-state index contributed by atoms with van der Waals surface area (Å²) in [5.74, 6) is 0.690. The predicted octanol–water partition coefficient (Wildman–Crippen LogP) is 4.09. The molecule has 0 fully saturated rings. The first kappa shape index (κ1) is 14.5. The van der Waals surface area contributed by atoms with Crippen molar-refractivity contribution < 1.29 is 0 Å². The third-order valence-corrected chi connectivity index (χ3v) is 4.60. The van der Waals surface area contributed by atoms with E-state index >= 15 is 0 Å². The first-order chi connectivity index (χ1) is 10.1. The van der Waals surface area contributed by atoms with Gasteiger partial charge in [-0.25, -0.2) is 0 Å². The lowest BCUT2D eigenvalue weighted by atomic mass is 9.97. The van der Waals surface area contributed by atoms with Crippen LogP contribution in [0.5, 0.6) is 0 Å². The Morgan fingerprint density at radius 1 is 1.14 bits per heavy atom. The SMILES string of the molecule is Cc1cc2nc3c(c(CNCC(C)C)c2cc1C)CCC3. The molecule has 1 N–H and O–H groups in total. The van der Waals surface area contributed by atoms with Crippen molar-refractivity contribution >= 4 is 10.9 Å². The highest BCUT2D eigenvalue weighted by Crippen LogP contribution is 2.31. The number of benzene rings is 1. The van der Waals surface area contributed by atoms with Crippen LogP contribution in [0, 0.1) is 19.8 Å². The third-order valence-electron chi connectivity index (χ3n) is 4.60. The fourth-order valence-electron chi connectivity index (χ4n) is 3.31. The molecule has 1 aromatic heterocycles. The maximum absolute atomic E-state index is 4.93. The van der Waals surface area contributed by atoms with E-state index in [1.165, 1.54) is 51.7 Å². The molecule has 0 radical (unpaired) electrons. The summed E-state index contributed by atoms with van der Waals surface area (Å²) in [6.07, 6.45) is 3.60. The molecule has 2 aromatic rings. The van der Waals surface area contributed by atoms with Gasteiger partial charge in [0.05, 0.1) is 5.52 Å². The highest BCUT2D eigenvalue weighted by molar-refractivity contribution is 5.85. The highest BCUT2D eigenvalue weighted by Gasteiger charge is 2.19. The monoisotopic (exact) mass is 282 g/mol. The zero-order valence-corrected chi connectivity index (χ0v) is 13.7. The van der Waals surface area contributed by atoms with Gasteiger partial charge < -0.3 is 5.32 Å². The molecule has 0 saturated carbocycles. The van der Waals surface area contributed by atoms with Gasteiger partial charge in [0.1, 0.15) is 0 Å². The molecule has 2 nitrogen and oxygen atoms in total. The Hall–Kier alpha value is -1.41. The predicted molar refractivity (Wildman–Crippen MR) is 89.8 cm³/mol. The fourth-order valence-corrected chi connectivity index (χ4v) is 3.31. The average molecular weight is 282 g/mol. The molecular weight excluding hydrogens is 256 g/mol. The first-order valence-corrected chi connectivity index (χ1v) is 8.18. The molecule has 21 heavy (non-hydrogen) atoms. The molecule has 1 aliphatic carbocycles. The van der Waals surface area contributed by atoms with Crippen LogP contribution in [0.1, 0.15) is 48.2 Å². The number of hydrogen-bond donors (Lipinski definition) is 1. The van der Waals surface area contributed by atoms with E-state index in [0.29, 0.717) is 5.92 Å². The van der Waals surface area contributed by atoms with Crippen molar-refractivity contribution in [3.05, 3.63) is 40.1 Å². The average Bonchev–Trinajstić information content (AvgIpc) is 2.87. The van der Waals surface area contributed by atoms with Gasteiger partial charge in [0.2, 0.25) is 0 Å². The van der Waals surface area contributed by atoms with E-state index in [1.54, 1.807) is 0 Å². The molecule has 1 aromatic carbocycles. The van der Waals surface area contributed by atoms with E-state index in [0.717, 1.165) is 19.5 Å². The summed E-state index contributed by atoms with van der Waals surface area (Å²) in [5.41, 5.74) is 8.24. The Morgan fingerprint density at radius 3 is 2.67 bits per heavy atom. The van der Waals surface area contributed by atoms with Crippen LogP contribution in [0.25, 0.3) is 10.9 Å². The van der Waals surface area contributed by atoms with Crippen LogP contribution in [-0.4, -0.2) is 11.5 Å². The molecule has 0 aliphatic heterocycles. The lowest BCUT2D eigenvalue weighted by molar-refractivity contribution is 0.552. The molecule has 1 aliphatic rings. The Morgan fingerprint density at radius 2 is 1.90 bits per heavy atom. The first-order valence-electron chi connectivity index (χ1n) is 8.18. The number of nitrogens with zero attached hydrogens (tertiary/aromatic N) is 1. The summed E-state index contributed by atoms with van der Waals surface area (Å²) in [4.78, 5) is 4.93. The number of aryl methyl sites for hydroxylation is 3. The van der Waals surface area contributed by atoms with Gasteiger partial charge in [-0.2, -0.15) is 0 Å². The second-order valence-corrected chi connectivity index (χ2v) is 6.85. The standard InChI is InChI=1S/C19H26N2/c1-12(2)10-20-11-17-15-6-5-7-18(15)21-19-9-14(4)13(3)8-16(17)19/h8-9,12,20H,5-7,10-11H2,1-4H3. The number of rotatable bonds is 4. The van der Waals surface area contributed by atoms with Crippen LogP contribution in [0.3, 0.4) is 0 Å². The van der Waals surface area contributed by atoms with Crippen molar-refractivity contribution in [3.8, 4) is 0 Å². The molecule has 112 valence electrons. The van der Waals surface area contributed by atoms with Crippen LogP contribution >= 0.6 is 0 Å². The van der Waals surface area contributed by atoms with Gasteiger partial charge in [-0.1, -0.05) is 13.8 Å². The van der Waals surface area contributed by atoms with Crippen LogP contribution in [0.2, 0.25) is 0 Å². The highest BCUT2D eigenvalue weighted by atomic mass is 14.9. The van der Waals surface area contributed by atoms with E-state index in [2.05, 4.69) is 45.1 Å². The lowest BCUT2D eigenvalue weighted by Crippen LogP contribution is -2.20. The maximum Gasteiger partial charge on any atom is 0.0711 e. The zero-order chi connectivity index (χ0) is 15.0.